The number of carbonyl (C=O) groups is 3. The topological polar surface area (TPSA) is 111 Å². The predicted octanol–water partition coefficient (Wildman–Crippen LogP) is 2.99. The van der Waals surface area contributed by atoms with Crippen LogP contribution in [0.5, 0.6) is 0 Å². The first-order valence-corrected chi connectivity index (χ1v) is 9.61. The molecule has 1 aliphatic rings. The number of amides is 2. The van der Waals surface area contributed by atoms with Gasteiger partial charge in [-0.25, -0.2) is 13.9 Å². The van der Waals surface area contributed by atoms with Crippen molar-refractivity contribution in [2.45, 2.75) is 33.6 Å². The zero-order chi connectivity index (χ0) is 21.7. The Labute approximate surface area is 175 Å². The fourth-order valence-electron chi connectivity index (χ4n) is 3.45. The Morgan fingerprint density at radius 1 is 1.14 bits per heavy atom. The van der Waals surface area contributed by atoms with E-state index in [-0.39, 0.29) is 18.8 Å². The van der Waals surface area contributed by atoms with Gasteiger partial charge in [0.25, 0.3) is 0 Å². The number of ether oxygens (including phenoxy) is 2. The standard InChI is InChI=1S/C20H25N3O5S/c1-5-27-18(24)15-11(3)22-12(4)16(19(25)28-6-2)17(15)13-9-7-8-10-14(13)23(29)20(21)26/h7-10,15,17,29H,5-6H2,1-4H3,(H2,21,26). The van der Waals surface area contributed by atoms with Crippen molar-refractivity contribution in [2.24, 2.45) is 16.6 Å². The van der Waals surface area contributed by atoms with Crippen LogP contribution >= 0.6 is 12.8 Å². The number of nitrogens with two attached hydrogens (primary N) is 1. The molecular formula is C20H25N3O5S. The highest BCUT2D eigenvalue weighted by molar-refractivity contribution is 7.82. The van der Waals surface area contributed by atoms with E-state index in [0.717, 1.165) is 4.31 Å². The molecule has 0 saturated heterocycles. The molecule has 0 fully saturated rings. The Morgan fingerprint density at radius 3 is 2.34 bits per heavy atom. The Kier molecular flexibility index (Phi) is 7.44. The number of hydrogen-bond donors (Lipinski definition) is 2. The number of rotatable bonds is 6. The van der Waals surface area contributed by atoms with Crippen molar-refractivity contribution >= 4 is 42.2 Å². The van der Waals surface area contributed by atoms with E-state index >= 15 is 0 Å². The van der Waals surface area contributed by atoms with Crippen molar-refractivity contribution in [1.29, 1.82) is 0 Å². The molecule has 1 aromatic carbocycles. The molecule has 29 heavy (non-hydrogen) atoms. The maximum Gasteiger partial charge on any atom is 0.336 e. The van der Waals surface area contributed by atoms with Crippen LogP contribution in [0.3, 0.4) is 0 Å². The van der Waals surface area contributed by atoms with E-state index in [4.69, 9.17) is 15.2 Å². The first-order valence-electron chi connectivity index (χ1n) is 9.21. The van der Waals surface area contributed by atoms with E-state index in [2.05, 4.69) is 17.8 Å². The van der Waals surface area contributed by atoms with E-state index in [1.54, 1.807) is 52.0 Å². The van der Waals surface area contributed by atoms with Crippen molar-refractivity contribution in [2.75, 3.05) is 17.5 Å². The molecule has 0 aliphatic carbocycles. The molecule has 0 saturated carbocycles. The highest BCUT2D eigenvalue weighted by Crippen LogP contribution is 2.43. The molecule has 2 rings (SSSR count). The van der Waals surface area contributed by atoms with Crippen molar-refractivity contribution in [1.82, 2.24) is 0 Å². The van der Waals surface area contributed by atoms with Gasteiger partial charge in [-0.1, -0.05) is 31.0 Å². The average molecular weight is 420 g/mol. The van der Waals surface area contributed by atoms with Crippen LogP contribution in [0.4, 0.5) is 10.5 Å². The molecule has 1 aliphatic heterocycles. The number of para-hydroxylation sites is 1. The van der Waals surface area contributed by atoms with Crippen LogP contribution in [0.25, 0.3) is 0 Å². The second kappa shape index (κ2) is 9.60. The molecule has 0 spiro atoms. The fourth-order valence-corrected chi connectivity index (χ4v) is 3.63. The average Bonchev–Trinajstić information content (AvgIpc) is 2.66. The van der Waals surface area contributed by atoms with Gasteiger partial charge in [0.15, 0.2) is 0 Å². The van der Waals surface area contributed by atoms with Crippen LogP contribution in [0.2, 0.25) is 0 Å². The van der Waals surface area contributed by atoms with Crippen LogP contribution in [0.15, 0.2) is 40.5 Å². The molecule has 2 atom stereocenters. The summed E-state index contributed by atoms with van der Waals surface area (Å²) in [5.74, 6) is -2.75. The molecule has 9 heteroatoms. The van der Waals surface area contributed by atoms with Crippen molar-refractivity contribution in [3.05, 3.63) is 41.1 Å². The lowest BCUT2D eigenvalue weighted by molar-refractivity contribution is -0.146. The molecule has 2 N–H and O–H groups in total. The molecule has 0 bridgehead atoms. The van der Waals surface area contributed by atoms with Crippen LogP contribution in [-0.2, 0) is 19.1 Å². The lowest BCUT2D eigenvalue weighted by Crippen LogP contribution is -2.37. The first-order chi connectivity index (χ1) is 13.7. The fraction of sp³-hybridized carbons (Fsp3) is 0.400. The second-order valence-electron chi connectivity index (χ2n) is 6.39. The van der Waals surface area contributed by atoms with E-state index in [0.29, 0.717) is 22.7 Å². The van der Waals surface area contributed by atoms with E-state index in [1.165, 1.54) is 0 Å². The van der Waals surface area contributed by atoms with Gasteiger partial charge in [-0.3, -0.25) is 9.79 Å². The summed E-state index contributed by atoms with van der Waals surface area (Å²) in [6.07, 6.45) is 0. The highest BCUT2D eigenvalue weighted by atomic mass is 32.1. The van der Waals surface area contributed by atoms with Gasteiger partial charge in [0.05, 0.1) is 24.5 Å². The summed E-state index contributed by atoms with van der Waals surface area (Å²) in [7, 11) is 0. The van der Waals surface area contributed by atoms with Crippen molar-refractivity contribution in [3.8, 4) is 0 Å². The summed E-state index contributed by atoms with van der Waals surface area (Å²) in [5, 5.41) is 0. The third-order valence-corrected chi connectivity index (χ3v) is 4.99. The molecule has 1 heterocycles. The number of urea groups is 1. The highest BCUT2D eigenvalue weighted by Gasteiger charge is 2.43. The summed E-state index contributed by atoms with van der Waals surface area (Å²) in [6, 6.07) is 5.99. The van der Waals surface area contributed by atoms with E-state index in [1.807, 2.05) is 0 Å². The number of anilines is 1. The normalized spacial score (nSPS) is 18.7. The van der Waals surface area contributed by atoms with Crippen LogP contribution in [-0.4, -0.2) is 36.9 Å². The Hall–Kier alpha value is -2.81. The van der Waals surface area contributed by atoms with Crippen molar-refractivity contribution < 1.29 is 23.9 Å². The van der Waals surface area contributed by atoms with Gasteiger partial charge in [0.1, 0.15) is 5.92 Å². The number of allylic oxidation sites excluding steroid dienone is 1. The molecule has 0 aromatic heterocycles. The summed E-state index contributed by atoms with van der Waals surface area (Å²) < 4.78 is 11.5. The van der Waals surface area contributed by atoms with Gasteiger partial charge < -0.3 is 15.2 Å². The Balaban J connectivity index is 2.76. The molecule has 2 amide bonds. The van der Waals surface area contributed by atoms with Gasteiger partial charge in [-0.2, -0.15) is 0 Å². The summed E-state index contributed by atoms with van der Waals surface area (Å²) >= 11 is 4.17. The molecular weight excluding hydrogens is 394 g/mol. The van der Waals surface area contributed by atoms with Gasteiger partial charge in [0.2, 0.25) is 0 Å². The minimum absolute atomic E-state index is 0.163. The monoisotopic (exact) mass is 419 g/mol. The summed E-state index contributed by atoms with van der Waals surface area (Å²) in [5.41, 5.74) is 7.43. The number of carbonyl (C=O) groups excluding carboxylic acids is 3. The number of thiol groups is 1. The maximum absolute atomic E-state index is 12.8. The zero-order valence-corrected chi connectivity index (χ0v) is 17.7. The lowest BCUT2D eigenvalue weighted by atomic mass is 9.75. The molecule has 1 aromatic rings. The smallest absolute Gasteiger partial charge is 0.336 e. The minimum atomic E-state index is -0.867. The molecule has 0 radical (unpaired) electrons. The minimum Gasteiger partial charge on any atom is -0.465 e. The molecule has 156 valence electrons. The Morgan fingerprint density at radius 2 is 1.76 bits per heavy atom. The first kappa shape index (κ1) is 22.5. The third-order valence-electron chi connectivity index (χ3n) is 4.57. The largest absolute Gasteiger partial charge is 0.465 e. The van der Waals surface area contributed by atoms with Crippen molar-refractivity contribution in [3.63, 3.8) is 0 Å². The third kappa shape index (κ3) is 4.61. The van der Waals surface area contributed by atoms with E-state index in [9.17, 15) is 14.4 Å². The van der Waals surface area contributed by atoms with Gasteiger partial charge in [-0.05, 0) is 39.3 Å². The molecule has 2 unspecified atom stereocenters. The van der Waals surface area contributed by atoms with Crippen LogP contribution in [0.1, 0.15) is 39.2 Å². The van der Waals surface area contributed by atoms with Crippen LogP contribution < -0.4 is 10.0 Å². The lowest BCUT2D eigenvalue weighted by Gasteiger charge is -2.33. The van der Waals surface area contributed by atoms with E-state index < -0.39 is 29.8 Å². The maximum atomic E-state index is 12.8. The summed E-state index contributed by atoms with van der Waals surface area (Å²) in [4.78, 5) is 41.8. The summed E-state index contributed by atoms with van der Waals surface area (Å²) in [6.45, 7) is 7.12. The van der Waals surface area contributed by atoms with Crippen LogP contribution in [0, 0.1) is 5.92 Å². The predicted molar refractivity (Wildman–Crippen MR) is 113 cm³/mol. The van der Waals surface area contributed by atoms with Gasteiger partial charge in [-0.15, -0.1) is 0 Å². The number of aliphatic imine (C=N–C) groups is 1. The zero-order valence-electron chi connectivity index (χ0n) is 16.8. The number of benzene rings is 1. The number of esters is 2. The number of hydrogen-bond acceptors (Lipinski definition) is 7. The van der Waals surface area contributed by atoms with Gasteiger partial charge >= 0.3 is 18.0 Å². The van der Waals surface area contributed by atoms with Gasteiger partial charge in [0, 0.05) is 17.3 Å². The number of nitrogens with zero attached hydrogens (tertiary/aromatic N) is 2. The quantitative estimate of drug-likeness (QED) is 0.544. The second-order valence-corrected chi connectivity index (χ2v) is 6.79. The molecule has 8 nitrogen and oxygen atoms in total. The SMILES string of the molecule is CCOC(=O)C1=C(C)N=C(C)C(C(=O)OCC)C1c1ccccc1N(S)C(N)=O. The number of primary amides is 1. The Bertz CT molecular complexity index is 881.